The summed E-state index contributed by atoms with van der Waals surface area (Å²) in [5.41, 5.74) is 4.30. The molecule has 3 N–H and O–H groups in total. The van der Waals surface area contributed by atoms with Crippen molar-refractivity contribution in [2.45, 2.75) is 13.1 Å². The molecule has 4 nitrogen and oxygen atoms in total. The number of primary amides is 1. The largest absolute Gasteiger partial charge is 0.416 e. The molecule has 0 saturated heterocycles. The molecule has 0 aliphatic heterocycles. The Morgan fingerprint density at radius 3 is 2.33 bits per heavy atom. The number of rotatable bonds is 3. The van der Waals surface area contributed by atoms with Crippen molar-refractivity contribution in [3.8, 4) is 0 Å². The molecular weight excluding hydrogens is 328 g/mol. The van der Waals surface area contributed by atoms with Crippen LogP contribution in [0, 0.1) is 12.7 Å². The van der Waals surface area contributed by atoms with Crippen LogP contribution in [-0.4, -0.2) is 11.8 Å². The van der Waals surface area contributed by atoms with E-state index in [9.17, 15) is 27.2 Å². The van der Waals surface area contributed by atoms with Gasteiger partial charge in [0.15, 0.2) is 0 Å². The van der Waals surface area contributed by atoms with Gasteiger partial charge in [0.1, 0.15) is 5.82 Å². The number of hydrogen-bond acceptors (Lipinski definition) is 2. The van der Waals surface area contributed by atoms with E-state index in [1.54, 1.807) is 6.92 Å². The van der Waals surface area contributed by atoms with Crippen LogP contribution in [0.5, 0.6) is 0 Å². The number of alkyl halides is 3. The predicted octanol–water partition coefficient (Wildman–Crippen LogP) is 3.50. The summed E-state index contributed by atoms with van der Waals surface area (Å²) in [5, 5.41) is 2.31. The summed E-state index contributed by atoms with van der Waals surface area (Å²) in [5.74, 6) is -2.84. The number of halogens is 4. The second-order valence-electron chi connectivity index (χ2n) is 5.07. The van der Waals surface area contributed by atoms with E-state index in [1.165, 1.54) is 18.2 Å². The highest BCUT2D eigenvalue weighted by molar-refractivity contribution is 6.05. The zero-order chi connectivity index (χ0) is 18.1. The molecule has 2 aromatic rings. The first kappa shape index (κ1) is 17.5. The number of amides is 2. The summed E-state index contributed by atoms with van der Waals surface area (Å²) in [6.07, 6.45) is -4.78. The van der Waals surface area contributed by atoms with Crippen LogP contribution in [-0.2, 0) is 6.18 Å². The molecule has 0 saturated carbocycles. The van der Waals surface area contributed by atoms with Crippen LogP contribution in [0.1, 0.15) is 31.8 Å². The van der Waals surface area contributed by atoms with Crippen molar-refractivity contribution in [1.82, 2.24) is 0 Å². The molecule has 0 radical (unpaired) electrons. The summed E-state index contributed by atoms with van der Waals surface area (Å²) >= 11 is 0. The van der Waals surface area contributed by atoms with E-state index < -0.39 is 34.9 Å². The molecule has 2 aromatic carbocycles. The molecule has 126 valence electrons. The lowest BCUT2D eigenvalue weighted by molar-refractivity contribution is -0.137. The van der Waals surface area contributed by atoms with Gasteiger partial charge in [0.25, 0.3) is 5.91 Å². The number of aryl methyl sites for hydroxylation is 1. The van der Waals surface area contributed by atoms with Crippen LogP contribution < -0.4 is 11.1 Å². The molecule has 2 rings (SSSR count). The minimum absolute atomic E-state index is 0.150. The van der Waals surface area contributed by atoms with Gasteiger partial charge in [0.2, 0.25) is 5.91 Å². The monoisotopic (exact) mass is 340 g/mol. The zero-order valence-corrected chi connectivity index (χ0v) is 12.4. The van der Waals surface area contributed by atoms with Crippen molar-refractivity contribution >= 4 is 17.5 Å². The molecular formula is C16H12F4N2O2. The van der Waals surface area contributed by atoms with Gasteiger partial charge in [-0.25, -0.2) is 4.39 Å². The van der Waals surface area contributed by atoms with Gasteiger partial charge in [-0.2, -0.15) is 13.2 Å². The van der Waals surface area contributed by atoms with E-state index >= 15 is 0 Å². The number of benzene rings is 2. The highest BCUT2D eigenvalue weighted by Gasteiger charge is 2.32. The van der Waals surface area contributed by atoms with E-state index in [-0.39, 0.29) is 11.3 Å². The van der Waals surface area contributed by atoms with Crippen molar-refractivity contribution in [3.05, 3.63) is 64.5 Å². The average Bonchev–Trinajstić information content (AvgIpc) is 2.47. The van der Waals surface area contributed by atoms with E-state index in [1.807, 2.05) is 0 Å². The second-order valence-corrected chi connectivity index (χ2v) is 5.07. The molecule has 0 fully saturated rings. The topological polar surface area (TPSA) is 72.2 Å². The van der Waals surface area contributed by atoms with Gasteiger partial charge in [-0.15, -0.1) is 0 Å². The van der Waals surface area contributed by atoms with Gasteiger partial charge in [0.05, 0.1) is 5.56 Å². The fourth-order valence-corrected chi connectivity index (χ4v) is 2.05. The van der Waals surface area contributed by atoms with Crippen LogP contribution in [0.15, 0.2) is 36.4 Å². The predicted molar refractivity (Wildman–Crippen MR) is 79.1 cm³/mol. The minimum atomic E-state index is -4.78. The number of carbonyl (C=O) groups excluding carboxylic acids is 2. The first-order valence-electron chi connectivity index (χ1n) is 6.67. The van der Waals surface area contributed by atoms with E-state index in [4.69, 9.17) is 5.73 Å². The molecule has 0 bridgehead atoms. The summed E-state index contributed by atoms with van der Waals surface area (Å²) < 4.78 is 51.4. The SMILES string of the molecule is Cc1ccc(NC(=O)c2cc(F)cc(C(F)(F)F)c2)cc1C(N)=O. The molecule has 2 amide bonds. The number of nitrogens with one attached hydrogen (secondary N) is 1. The third kappa shape index (κ3) is 3.89. The Labute approximate surface area is 134 Å². The van der Waals surface area contributed by atoms with Gasteiger partial charge in [-0.05, 0) is 42.8 Å². The first-order chi connectivity index (χ1) is 11.1. The maximum Gasteiger partial charge on any atom is 0.416 e. The maximum absolute atomic E-state index is 13.3. The Morgan fingerprint density at radius 2 is 1.75 bits per heavy atom. The third-order valence-corrected chi connectivity index (χ3v) is 3.25. The van der Waals surface area contributed by atoms with Gasteiger partial charge >= 0.3 is 6.18 Å². The van der Waals surface area contributed by atoms with Crippen molar-refractivity contribution in [3.63, 3.8) is 0 Å². The number of hydrogen-bond donors (Lipinski definition) is 2. The average molecular weight is 340 g/mol. The number of carbonyl (C=O) groups is 2. The zero-order valence-electron chi connectivity index (χ0n) is 12.4. The molecule has 0 aliphatic carbocycles. The minimum Gasteiger partial charge on any atom is -0.366 e. The molecule has 0 heterocycles. The summed E-state index contributed by atoms with van der Waals surface area (Å²) in [6, 6.07) is 5.79. The Balaban J connectivity index is 2.32. The third-order valence-electron chi connectivity index (χ3n) is 3.25. The lowest BCUT2D eigenvalue weighted by atomic mass is 10.1. The molecule has 0 unspecified atom stereocenters. The quantitative estimate of drug-likeness (QED) is 0.840. The first-order valence-corrected chi connectivity index (χ1v) is 6.67. The Kier molecular flexibility index (Phi) is 4.59. The lowest BCUT2D eigenvalue weighted by Gasteiger charge is -2.11. The summed E-state index contributed by atoms with van der Waals surface area (Å²) in [4.78, 5) is 23.3. The Morgan fingerprint density at radius 1 is 1.08 bits per heavy atom. The fourth-order valence-electron chi connectivity index (χ4n) is 2.05. The highest BCUT2D eigenvalue weighted by Crippen LogP contribution is 2.30. The van der Waals surface area contributed by atoms with Crippen LogP contribution >= 0.6 is 0 Å². The molecule has 0 aliphatic rings. The van der Waals surface area contributed by atoms with Crippen molar-refractivity contribution in [2.24, 2.45) is 5.73 Å². The summed E-state index contributed by atoms with van der Waals surface area (Å²) in [7, 11) is 0. The van der Waals surface area contributed by atoms with Gasteiger partial charge in [-0.1, -0.05) is 6.07 Å². The van der Waals surface area contributed by atoms with Crippen LogP contribution in [0.2, 0.25) is 0 Å². The second kappa shape index (κ2) is 6.31. The van der Waals surface area contributed by atoms with Gasteiger partial charge in [0, 0.05) is 16.8 Å². The van der Waals surface area contributed by atoms with Gasteiger partial charge in [-0.3, -0.25) is 9.59 Å². The molecule has 0 spiro atoms. The molecule has 0 aromatic heterocycles. The Hall–Kier alpha value is -2.90. The smallest absolute Gasteiger partial charge is 0.366 e. The van der Waals surface area contributed by atoms with Crippen LogP contribution in [0.25, 0.3) is 0 Å². The molecule has 0 atom stereocenters. The van der Waals surface area contributed by atoms with E-state index in [2.05, 4.69) is 5.32 Å². The molecule has 8 heteroatoms. The Bertz CT molecular complexity index is 816. The van der Waals surface area contributed by atoms with Gasteiger partial charge < -0.3 is 11.1 Å². The maximum atomic E-state index is 13.3. The highest BCUT2D eigenvalue weighted by atomic mass is 19.4. The standard InChI is InChI=1S/C16H12F4N2O2/c1-8-2-3-12(7-13(8)14(21)23)22-15(24)9-4-10(16(18,19)20)6-11(17)5-9/h2-7H,1H3,(H2,21,23)(H,22,24). The van der Waals surface area contributed by atoms with Crippen molar-refractivity contribution in [1.29, 1.82) is 0 Å². The summed E-state index contributed by atoms with van der Waals surface area (Å²) in [6.45, 7) is 1.63. The van der Waals surface area contributed by atoms with E-state index in [0.717, 1.165) is 0 Å². The lowest BCUT2D eigenvalue weighted by Crippen LogP contribution is -2.16. The van der Waals surface area contributed by atoms with Crippen molar-refractivity contribution in [2.75, 3.05) is 5.32 Å². The molecule has 24 heavy (non-hydrogen) atoms. The van der Waals surface area contributed by atoms with Crippen molar-refractivity contribution < 1.29 is 27.2 Å². The van der Waals surface area contributed by atoms with E-state index in [0.29, 0.717) is 23.8 Å². The van der Waals surface area contributed by atoms with Crippen LogP contribution in [0.4, 0.5) is 23.2 Å². The fraction of sp³-hybridized carbons (Fsp3) is 0.125. The number of anilines is 1. The normalized spacial score (nSPS) is 11.2. The van der Waals surface area contributed by atoms with Crippen LogP contribution in [0.3, 0.4) is 0 Å². The number of nitrogens with two attached hydrogens (primary N) is 1.